The van der Waals surface area contributed by atoms with E-state index < -0.39 is 35.8 Å². The van der Waals surface area contributed by atoms with Crippen molar-refractivity contribution in [2.75, 3.05) is 36.6 Å². The zero-order chi connectivity index (χ0) is 42.8. The van der Waals surface area contributed by atoms with E-state index in [4.69, 9.17) is 26.5 Å². The van der Waals surface area contributed by atoms with Gasteiger partial charge in [-0.15, -0.1) is 0 Å². The van der Waals surface area contributed by atoms with E-state index in [1.807, 2.05) is 61.3 Å². The molecule has 3 radical (unpaired) electrons. The second-order valence-electron chi connectivity index (χ2n) is 12.6. The SMILES string of the molecule is CC(=O)O.CCN(Cc1ccncc1)C(=O)C(CO)c1ccccc1.CN(Cc1cnc2nc(N)nc(N)c2n1)c1ccc(C(=O)N[C@@H](CCC(=O)O)C(=O)O)cc1.[Al]. The van der Waals surface area contributed by atoms with Crippen LogP contribution in [-0.2, 0) is 32.3 Å². The predicted octanol–water partition coefficient (Wildman–Crippen LogP) is 2.18. The Labute approximate surface area is 350 Å². The number of anilines is 3. The number of rotatable bonds is 15. The first-order chi connectivity index (χ1) is 27.6. The van der Waals surface area contributed by atoms with Gasteiger partial charge in [-0.3, -0.25) is 24.2 Å². The number of pyridine rings is 1. The maximum absolute atomic E-state index is 12.7. The number of nitrogens with two attached hydrogens (primary N) is 2. The van der Waals surface area contributed by atoms with Crippen LogP contribution in [0.4, 0.5) is 17.5 Å². The second-order valence-corrected chi connectivity index (χ2v) is 12.6. The average Bonchev–Trinajstić information content (AvgIpc) is 3.19. The molecule has 3 heterocycles. The first-order valence-corrected chi connectivity index (χ1v) is 17.8. The molecule has 0 saturated carbocycles. The van der Waals surface area contributed by atoms with Gasteiger partial charge in [0, 0.05) is 74.5 Å². The van der Waals surface area contributed by atoms with Gasteiger partial charge in [0.2, 0.25) is 11.9 Å². The summed E-state index contributed by atoms with van der Waals surface area (Å²) in [6.45, 7) is 4.34. The third kappa shape index (κ3) is 15.6. The molecule has 59 heavy (non-hydrogen) atoms. The lowest BCUT2D eigenvalue weighted by Gasteiger charge is -2.25. The van der Waals surface area contributed by atoms with E-state index >= 15 is 0 Å². The molecule has 2 amide bonds. The van der Waals surface area contributed by atoms with Gasteiger partial charge >= 0.3 is 11.9 Å². The van der Waals surface area contributed by atoms with Crippen LogP contribution in [0.2, 0.25) is 0 Å². The van der Waals surface area contributed by atoms with Gasteiger partial charge in [0.1, 0.15) is 6.04 Å². The number of aliphatic carboxylic acids is 3. The molecule has 0 spiro atoms. The highest BCUT2D eigenvalue weighted by Gasteiger charge is 2.25. The quantitative estimate of drug-likeness (QED) is 0.0744. The van der Waals surface area contributed by atoms with Crippen molar-refractivity contribution in [2.45, 2.75) is 51.7 Å². The van der Waals surface area contributed by atoms with Crippen molar-refractivity contribution in [3.8, 4) is 0 Å². The molecule has 0 saturated heterocycles. The number of amides is 2. The Morgan fingerprint density at radius 2 is 1.49 bits per heavy atom. The average molecular weight is 826 g/mol. The number of nitrogens with one attached hydrogen (secondary N) is 1. The third-order valence-electron chi connectivity index (χ3n) is 8.22. The van der Waals surface area contributed by atoms with Crippen molar-refractivity contribution in [2.24, 2.45) is 0 Å². The van der Waals surface area contributed by atoms with Crippen LogP contribution in [0.5, 0.6) is 0 Å². The summed E-state index contributed by atoms with van der Waals surface area (Å²) >= 11 is 0. The van der Waals surface area contributed by atoms with Crippen molar-refractivity contribution < 1.29 is 44.4 Å². The number of aliphatic hydroxyl groups is 1. The maximum atomic E-state index is 12.7. The molecular formula is C39H46AlN10O9. The topological polar surface area (TPSA) is 301 Å². The van der Waals surface area contributed by atoms with E-state index in [0.29, 0.717) is 36.5 Å². The zero-order valence-electron chi connectivity index (χ0n) is 32.7. The lowest BCUT2D eigenvalue weighted by atomic mass is 9.98. The Hall–Kier alpha value is -6.75. The van der Waals surface area contributed by atoms with Crippen LogP contribution in [0.25, 0.3) is 11.2 Å². The van der Waals surface area contributed by atoms with E-state index in [2.05, 4.69) is 30.2 Å². The van der Waals surface area contributed by atoms with Gasteiger partial charge in [0.15, 0.2) is 17.0 Å². The Morgan fingerprint density at radius 3 is 2.05 bits per heavy atom. The minimum Gasteiger partial charge on any atom is -0.481 e. The summed E-state index contributed by atoms with van der Waals surface area (Å²) in [5, 5.41) is 37.3. The molecule has 0 bridgehead atoms. The number of carbonyl (C=O) groups is 5. The lowest BCUT2D eigenvalue weighted by molar-refractivity contribution is -0.141. The van der Waals surface area contributed by atoms with Crippen LogP contribution in [0.15, 0.2) is 85.3 Å². The summed E-state index contributed by atoms with van der Waals surface area (Å²) in [5.74, 6) is -4.30. The number of likely N-dealkylation sites (N-methyl/N-ethyl adjacent to an activating group) is 1. The first kappa shape index (κ1) is 48.4. The molecule has 0 aliphatic rings. The summed E-state index contributed by atoms with van der Waals surface area (Å²) in [7, 11) is 1.82. The van der Waals surface area contributed by atoms with Gasteiger partial charge in [-0.05, 0) is 60.9 Å². The highest BCUT2D eigenvalue weighted by molar-refractivity contribution is 5.97. The van der Waals surface area contributed by atoms with E-state index in [9.17, 15) is 29.4 Å². The molecule has 0 aliphatic heterocycles. The molecule has 5 rings (SSSR count). The van der Waals surface area contributed by atoms with E-state index in [1.165, 1.54) is 12.1 Å². The van der Waals surface area contributed by atoms with Gasteiger partial charge in [-0.1, -0.05) is 30.3 Å². The van der Waals surface area contributed by atoms with Crippen LogP contribution in [0.3, 0.4) is 0 Å². The Bertz CT molecular complexity index is 2150. The van der Waals surface area contributed by atoms with Crippen LogP contribution in [-0.4, -0.2) is 124 Å². The number of hydrogen-bond donors (Lipinski definition) is 7. The lowest BCUT2D eigenvalue weighted by Crippen LogP contribution is -2.41. The largest absolute Gasteiger partial charge is 0.481 e. The number of hydrogen-bond acceptors (Lipinski definition) is 14. The maximum Gasteiger partial charge on any atom is 0.326 e. The smallest absolute Gasteiger partial charge is 0.326 e. The summed E-state index contributed by atoms with van der Waals surface area (Å²) in [5.41, 5.74) is 15.5. The minimum atomic E-state index is -1.30. The molecule has 1 unspecified atom stereocenters. The second kappa shape index (κ2) is 24.1. The van der Waals surface area contributed by atoms with Gasteiger partial charge in [-0.25, -0.2) is 14.8 Å². The van der Waals surface area contributed by atoms with Crippen molar-refractivity contribution >= 4 is 75.7 Å². The fraction of sp³-hybridized carbons (Fsp3) is 0.282. The molecule has 9 N–H and O–H groups in total. The number of carboxylic acids is 3. The summed E-state index contributed by atoms with van der Waals surface area (Å²) in [6.07, 6.45) is 4.40. The van der Waals surface area contributed by atoms with Crippen LogP contribution in [0, 0.1) is 0 Å². The fourth-order valence-electron chi connectivity index (χ4n) is 5.31. The molecule has 19 nitrogen and oxygen atoms in total. The van der Waals surface area contributed by atoms with E-state index in [1.54, 1.807) is 35.6 Å². The molecule has 20 heteroatoms. The number of nitrogen functional groups attached to an aromatic ring is 2. The van der Waals surface area contributed by atoms with E-state index in [0.717, 1.165) is 23.7 Å². The number of carboxylic acid groups (broad SMARTS) is 3. The standard InChI is InChI=1S/C20H22N8O5.C17H20N2O2.C2H4O2.Al/c1-28(9-11-8-23-17-15(24-11)16(21)26-20(22)27-17)12-4-2-10(3-5-12)18(31)25-13(19(32)33)6-7-14(29)30;1-2-19(12-14-8-10-18-11-9-14)17(21)16(13-20)15-6-4-3-5-7-15;1-2(3)4;/h2-5,8,13H,6-7,9H2,1H3,(H,25,31)(H,29,30)(H,32,33)(H4,21,22,23,26,27);3-11,16,20H,2,12-13H2,1H3;1H3,(H,3,4);/t13-;;;/m0.../s1. The Balaban J connectivity index is 0.000000396. The molecular weight excluding hydrogens is 779 g/mol. The molecule has 0 aliphatic carbocycles. The van der Waals surface area contributed by atoms with Gasteiger partial charge in [0.05, 0.1) is 31.0 Å². The van der Waals surface area contributed by atoms with Crippen molar-refractivity contribution in [1.29, 1.82) is 0 Å². The monoisotopic (exact) mass is 825 g/mol. The van der Waals surface area contributed by atoms with E-state index in [-0.39, 0.29) is 60.0 Å². The molecule has 2 atom stereocenters. The molecule has 0 fully saturated rings. The Morgan fingerprint density at radius 1 is 0.864 bits per heavy atom. The minimum absolute atomic E-state index is 0. The number of carbonyl (C=O) groups excluding carboxylic acids is 2. The highest BCUT2D eigenvalue weighted by Crippen LogP contribution is 2.21. The summed E-state index contributed by atoms with van der Waals surface area (Å²) in [4.78, 5) is 80.1. The van der Waals surface area contributed by atoms with Crippen LogP contribution < -0.4 is 21.7 Å². The molecule has 2 aromatic carbocycles. The first-order valence-electron chi connectivity index (χ1n) is 17.8. The molecule has 309 valence electrons. The van der Waals surface area contributed by atoms with Gasteiger partial charge in [-0.2, -0.15) is 9.97 Å². The normalized spacial score (nSPS) is 11.2. The van der Waals surface area contributed by atoms with Crippen molar-refractivity contribution in [3.05, 3.63) is 108 Å². The third-order valence-corrected chi connectivity index (χ3v) is 8.22. The number of nitrogens with zero attached hydrogens (tertiary/aromatic N) is 7. The predicted molar refractivity (Wildman–Crippen MR) is 219 cm³/mol. The van der Waals surface area contributed by atoms with Crippen LogP contribution in [0.1, 0.15) is 59.8 Å². The van der Waals surface area contributed by atoms with Crippen LogP contribution >= 0.6 is 0 Å². The Kier molecular flexibility index (Phi) is 19.8. The zero-order valence-corrected chi connectivity index (χ0v) is 33.8. The summed E-state index contributed by atoms with van der Waals surface area (Å²) in [6, 6.07) is 18.4. The fourth-order valence-corrected chi connectivity index (χ4v) is 5.31. The van der Waals surface area contributed by atoms with Crippen molar-refractivity contribution in [1.82, 2.24) is 35.1 Å². The molecule has 5 aromatic rings. The number of aromatic nitrogens is 5. The van der Waals surface area contributed by atoms with Crippen molar-refractivity contribution in [3.63, 3.8) is 0 Å². The van der Waals surface area contributed by atoms with Gasteiger partial charge < -0.3 is 47.0 Å². The highest BCUT2D eigenvalue weighted by atomic mass is 27.0. The number of benzene rings is 2. The number of fused-ring (bicyclic) bond motifs is 1. The van der Waals surface area contributed by atoms with Gasteiger partial charge in [0.25, 0.3) is 11.9 Å². The number of aliphatic hydroxyl groups excluding tert-OH is 1. The summed E-state index contributed by atoms with van der Waals surface area (Å²) < 4.78 is 0. The molecule has 3 aromatic heterocycles.